The molecule has 2 aromatic rings. The van der Waals surface area contributed by atoms with Gasteiger partial charge in [0.25, 0.3) is 0 Å². The molecule has 0 amide bonds. The molecule has 124 valence electrons. The summed E-state index contributed by atoms with van der Waals surface area (Å²) in [5.74, 6) is 1.68. The standard InChI is InChI=1S/C18H19N3O2S/c1-22-15-8-6-13(7-9-15)11-19-18-21-20-17(12-24-18)14-4-3-5-16(10-14)23-2/h3-10,12,20H,11H2,1-2H3,(H,19,21). The molecule has 1 heterocycles. The van der Waals surface area contributed by atoms with E-state index in [0.29, 0.717) is 6.54 Å². The zero-order valence-corrected chi connectivity index (χ0v) is 14.4. The molecular formula is C18H19N3O2S. The van der Waals surface area contributed by atoms with Gasteiger partial charge in [0.2, 0.25) is 0 Å². The summed E-state index contributed by atoms with van der Waals surface area (Å²) in [4.78, 5) is 4.57. The Labute approximate surface area is 145 Å². The zero-order chi connectivity index (χ0) is 16.8. The minimum atomic E-state index is 0.614. The fourth-order valence-corrected chi connectivity index (χ4v) is 2.87. The van der Waals surface area contributed by atoms with Crippen molar-refractivity contribution >= 4 is 22.6 Å². The number of ether oxygens (including phenoxy) is 2. The summed E-state index contributed by atoms with van der Waals surface area (Å²) in [5.41, 5.74) is 9.48. The molecule has 0 saturated heterocycles. The van der Waals surface area contributed by atoms with E-state index in [9.17, 15) is 0 Å². The molecule has 24 heavy (non-hydrogen) atoms. The van der Waals surface area contributed by atoms with Gasteiger partial charge in [0.15, 0.2) is 5.17 Å². The van der Waals surface area contributed by atoms with Crippen molar-refractivity contribution < 1.29 is 9.47 Å². The van der Waals surface area contributed by atoms with Gasteiger partial charge in [-0.15, -0.1) is 0 Å². The van der Waals surface area contributed by atoms with E-state index in [0.717, 1.165) is 33.5 Å². The van der Waals surface area contributed by atoms with Crippen molar-refractivity contribution in [2.75, 3.05) is 14.2 Å². The second-order valence-corrected chi connectivity index (χ2v) is 5.96. The average Bonchev–Trinajstić information content (AvgIpc) is 2.67. The van der Waals surface area contributed by atoms with Crippen molar-refractivity contribution in [2.45, 2.75) is 6.54 Å². The summed E-state index contributed by atoms with van der Waals surface area (Å²) in [6.07, 6.45) is 0. The number of benzene rings is 2. The van der Waals surface area contributed by atoms with Crippen molar-refractivity contribution in [3.8, 4) is 11.5 Å². The Bertz CT molecular complexity index is 757. The number of rotatable bonds is 5. The summed E-state index contributed by atoms with van der Waals surface area (Å²) in [6.45, 7) is 0.614. The lowest BCUT2D eigenvalue weighted by molar-refractivity contribution is 0.414. The third-order valence-electron chi connectivity index (χ3n) is 3.54. The number of thioether (sulfide) groups is 1. The van der Waals surface area contributed by atoms with Crippen LogP contribution in [0.3, 0.4) is 0 Å². The SMILES string of the molecule is COc1ccc(CN=C2NNC(c3cccc(OC)c3)=CS2)cc1. The fraction of sp³-hybridized carbons (Fsp3) is 0.167. The second kappa shape index (κ2) is 7.79. The first-order chi connectivity index (χ1) is 11.8. The van der Waals surface area contributed by atoms with Crippen LogP contribution in [0.15, 0.2) is 58.9 Å². The van der Waals surface area contributed by atoms with Crippen LogP contribution in [-0.2, 0) is 6.54 Å². The quantitative estimate of drug-likeness (QED) is 0.873. The van der Waals surface area contributed by atoms with Crippen molar-refractivity contribution in [2.24, 2.45) is 4.99 Å². The third kappa shape index (κ3) is 4.02. The Morgan fingerprint density at radius 2 is 1.75 bits per heavy atom. The monoisotopic (exact) mass is 341 g/mol. The minimum Gasteiger partial charge on any atom is -0.497 e. The van der Waals surface area contributed by atoms with Gasteiger partial charge < -0.3 is 9.47 Å². The smallest absolute Gasteiger partial charge is 0.180 e. The van der Waals surface area contributed by atoms with E-state index in [1.54, 1.807) is 26.0 Å². The molecule has 0 radical (unpaired) electrons. The van der Waals surface area contributed by atoms with Crippen LogP contribution in [0.2, 0.25) is 0 Å². The van der Waals surface area contributed by atoms with Crippen molar-refractivity contribution in [1.29, 1.82) is 0 Å². The Hall–Kier alpha value is -2.60. The van der Waals surface area contributed by atoms with Crippen LogP contribution in [0.5, 0.6) is 11.5 Å². The first-order valence-corrected chi connectivity index (χ1v) is 8.37. The van der Waals surface area contributed by atoms with Gasteiger partial charge in [-0.25, -0.2) is 0 Å². The van der Waals surface area contributed by atoms with Crippen LogP contribution in [0.25, 0.3) is 5.70 Å². The first kappa shape index (κ1) is 16.3. The van der Waals surface area contributed by atoms with Crippen molar-refractivity contribution in [1.82, 2.24) is 10.9 Å². The molecule has 0 aromatic heterocycles. The number of aliphatic imine (C=N–C) groups is 1. The predicted octanol–water partition coefficient (Wildman–Crippen LogP) is 3.40. The van der Waals surface area contributed by atoms with Gasteiger partial charge in [-0.2, -0.15) is 0 Å². The number of hydrogen-bond acceptors (Lipinski definition) is 5. The molecule has 1 aliphatic rings. The summed E-state index contributed by atoms with van der Waals surface area (Å²) in [7, 11) is 3.33. The van der Waals surface area contributed by atoms with E-state index in [4.69, 9.17) is 9.47 Å². The lowest BCUT2D eigenvalue weighted by Crippen LogP contribution is -2.36. The summed E-state index contributed by atoms with van der Waals surface area (Å²) >= 11 is 1.56. The van der Waals surface area contributed by atoms with Gasteiger partial charge >= 0.3 is 0 Å². The lowest BCUT2D eigenvalue weighted by atomic mass is 10.2. The van der Waals surface area contributed by atoms with Crippen LogP contribution in [-0.4, -0.2) is 19.4 Å². The van der Waals surface area contributed by atoms with Crippen LogP contribution < -0.4 is 20.3 Å². The van der Waals surface area contributed by atoms with E-state index in [2.05, 4.69) is 15.8 Å². The summed E-state index contributed by atoms with van der Waals surface area (Å²) in [6, 6.07) is 15.8. The van der Waals surface area contributed by atoms with E-state index in [1.807, 2.05) is 53.9 Å². The largest absolute Gasteiger partial charge is 0.497 e. The predicted molar refractivity (Wildman–Crippen MR) is 99.0 cm³/mol. The molecular weight excluding hydrogens is 322 g/mol. The maximum Gasteiger partial charge on any atom is 0.180 e. The van der Waals surface area contributed by atoms with E-state index in [-0.39, 0.29) is 0 Å². The highest BCUT2D eigenvalue weighted by Crippen LogP contribution is 2.23. The zero-order valence-electron chi connectivity index (χ0n) is 13.6. The van der Waals surface area contributed by atoms with Gasteiger partial charge in [0, 0.05) is 11.0 Å². The Morgan fingerprint density at radius 3 is 2.42 bits per heavy atom. The Kier molecular flexibility index (Phi) is 5.28. The number of methoxy groups -OCH3 is 2. The number of nitrogens with one attached hydrogen (secondary N) is 2. The highest BCUT2D eigenvalue weighted by molar-refractivity contribution is 8.16. The van der Waals surface area contributed by atoms with Crippen molar-refractivity contribution in [3.63, 3.8) is 0 Å². The number of amidine groups is 1. The molecule has 6 heteroatoms. The fourth-order valence-electron chi connectivity index (χ4n) is 2.20. The third-order valence-corrected chi connectivity index (χ3v) is 4.35. The van der Waals surface area contributed by atoms with E-state index >= 15 is 0 Å². The topological polar surface area (TPSA) is 54.9 Å². The van der Waals surface area contributed by atoms with Crippen LogP contribution >= 0.6 is 11.8 Å². The average molecular weight is 341 g/mol. The molecule has 0 unspecified atom stereocenters. The van der Waals surface area contributed by atoms with Gasteiger partial charge in [-0.3, -0.25) is 15.8 Å². The minimum absolute atomic E-state index is 0.614. The number of nitrogens with zero attached hydrogens (tertiary/aromatic N) is 1. The van der Waals surface area contributed by atoms with Gasteiger partial charge in [-0.05, 0) is 29.8 Å². The van der Waals surface area contributed by atoms with Crippen LogP contribution in [0.4, 0.5) is 0 Å². The molecule has 2 N–H and O–H groups in total. The van der Waals surface area contributed by atoms with E-state index < -0.39 is 0 Å². The Balaban J connectivity index is 1.63. The first-order valence-electron chi connectivity index (χ1n) is 7.49. The summed E-state index contributed by atoms with van der Waals surface area (Å²) in [5, 5.41) is 2.87. The molecule has 0 aliphatic carbocycles. The van der Waals surface area contributed by atoms with Crippen LogP contribution in [0, 0.1) is 0 Å². The molecule has 2 aromatic carbocycles. The Morgan fingerprint density at radius 1 is 0.958 bits per heavy atom. The van der Waals surface area contributed by atoms with E-state index in [1.165, 1.54) is 0 Å². The highest BCUT2D eigenvalue weighted by Gasteiger charge is 2.10. The molecule has 5 nitrogen and oxygen atoms in total. The number of hydrogen-bond donors (Lipinski definition) is 2. The number of hydrazine groups is 1. The van der Waals surface area contributed by atoms with Crippen LogP contribution in [0.1, 0.15) is 11.1 Å². The molecule has 3 rings (SSSR count). The maximum atomic E-state index is 5.26. The molecule has 0 spiro atoms. The molecule has 0 saturated carbocycles. The molecule has 0 bridgehead atoms. The second-order valence-electron chi connectivity index (χ2n) is 5.10. The van der Waals surface area contributed by atoms with Crippen molar-refractivity contribution in [3.05, 3.63) is 65.1 Å². The van der Waals surface area contributed by atoms with Gasteiger partial charge in [-0.1, -0.05) is 36.0 Å². The summed E-state index contributed by atoms with van der Waals surface area (Å²) < 4.78 is 10.4. The van der Waals surface area contributed by atoms with Gasteiger partial charge in [0.1, 0.15) is 11.5 Å². The maximum absolute atomic E-state index is 5.26. The lowest BCUT2D eigenvalue weighted by Gasteiger charge is -2.19. The van der Waals surface area contributed by atoms with Gasteiger partial charge in [0.05, 0.1) is 26.5 Å². The normalized spacial score (nSPS) is 15.2. The molecule has 0 fully saturated rings. The molecule has 0 atom stereocenters. The highest BCUT2D eigenvalue weighted by atomic mass is 32.2. The molecule has 1 aliphatic heterocycles.